The smallest absolute Gasteiger partial charge is 0.340 e. The average Bonchev–Trinajstić information content (AvgIpc) is 2.99. The van der Waals surface area contributed by atoms with Crippen LogP contribution in [0.4, 0.5) is 10.1 Å². The second kappa shape index (κ2) is 7.06. The third-order valence-corrected chi connectivity index (χ3v) is 3.54. The second-order valence-electron chi connectivity index (χ2n) is 5.03. The molecule has 0 heterocycles. The minimum atomic E-state index is -0.734. The van der Waals surface area contributed by atoms with Crippen LogP contribution in [0, 0.1) is 5.82 Å². The van der Waals surface area contributed by atoms with Gasteiger partial charge in [0.1, 0.15) is 5.82 Å². The van der Waals surface area contributed by atoms with Gasteiger partial charge < -0.3 is 15.4 Å². The number of hydrogen-bond donors (Lipinski definition) is 1. The number of nitrogens with zero attached hydrogens (tertiary/aromatic N) is 1. The SMILES string of the molecule is CCN(C(=O)COC(=O)c1ccc(F)cc1N)C1=CCCC1. The van der Waals surface area contributed by atoms with E-state index in [0.29, 0.717) is 6.54 Å². The number of nitrogens with two attached hydrogens (primary N) is 1. The van der Waals surface area contributed by atoms with E-state index in [0.717, 1.165) is 37.1 Å². The fraction of sp³-hybridized carbons (Fsp3) is 0.375. The Morgan fingerprint density at radius 2 is 2.18 bits per heavy atom. The molecule has 118 valence electrons. The predicted molar refractivity (Wildman–Crippen MR) is 80.4 cm³/mol. The van der Waals surface area contributed by atoms with Crippen molar-refractivity contribution in [1.82, 2.24) is 4.90 Å². The zero-order valence-corrected chi connectivity index (χ0v) is 12.5. The Bertz CT molecular complexity index is 613. The minimum Gasteiger partial charge on any atom is -0.452 e. The van der Waals surface area contributed by atoms with Crippen molar-refractivity contribution >= 4 is 17.6 Å². The molecular formula is C16H19FN2O3. The Morgan fingerprint density at radius 1 is 1.41 bits per heavy atom. The van der Waals surface area contributed by atoms with Crippen LogP contribution >= 0.6 is 0 Å². The predicted octanol–water partition coefficient (Wildman–Crippen LogP) is 2.48. The molecule has 0 spiro atoms. The van der Waals surface area contributed by atoms with Gasteiger partial charge in [0.15, 0.2) is 6.61 Å². The van der Waals surface area contributed by atoms with Gasteiger partial charge in [-0.15, -0.1) is 0 Å². The number of amides is 1. The molecule has 22 heavy (non-hydrogen) atoms. The first-order valence-electron chi connectivity index (χ1n) is 7.24. The molecule has 1 aromatic rings. The van der Waals surface area contributed by atoms with Gasteiger partial charge in [-0.1, -0.05) is 6.08 Å². The third kappa shape index (κ3) is 3.63. The van der Waals surface area contributed by atoms with Crippen molar-refractivity contribution in [3.05, 3.63) is 41.4 Å². The van der Waals surface area contributed by atoms with E-state index >= 15 is 0 Å². The summed E-state index contributed by atoms with van der Waals surface area (Å²) in [6.45, 7) is 2.04. The standard InChI is InChI=1S/C16H19FN2O3/c1-2-19(12-5-3-4-6-12)15(20)10-22-16(21)13-8-7-11(17)9-14(13)18/h5,7-9H,2-4,6,10,18H2,1H3. The number of likely N-dealkylation sites (N-methyl/N-ethyl adjacent to an activating group) is 1. The summed E-state index contributed by atoms with van der Waals surface area (Å²) in [5.74, 6) is -1.54. The maximum atomic E-state index is 13.0. The lowest BCUT2D eigenvalue weighted by Crippen LogP contribution is -2.33. The van der Waals surface area contributed by atoms with Crippen molar-refractivity contribution in [2.75, 3.05) is 18.9 Å². The molecule has 0 unspecified atom stereocenters. The van der Waals surface area contributed by atoms with E-state index in [4.69, 9.17) is 10.5 Å². The summed E-state index contributed by atoms with van der Waals surface area (Å²) in [7, 11) is 0. The molecule has 0 saturated carbocycles. The number of halogens is 1. The number of hydrogen-bond acceptors (Lipinski definition) is 4. The van der Waals surface area contributed by atoms with E-state index in [1.54, 1.807) is 4.90 Å². The van der Waals surface area contributed by atoms with Gasteiger partial charge in [0.05, 0.1) is 5.56 Å². The first kappa shape index (κ1) is 16.0. The van der Waals surface area contributed by atoms with Crippen LogP contribution < -0.4 is 5.73 Å². The van der Waals surface area contributed by atoms with Gasteiger partial charge in [0.25, 0.3) is 5.91 Å². The number of rotatable bonds is 5. The van der Waals surface area contributed by atoms with E-state index in [1.807, 2.05) is 13.0 Å². The summed E-state index contributed by atoms with van der Waals surface area (Å²) >= 11 is 0. The van der Waals surface area contributed by atoms with Gasteiger partial charge in [-0.3, -0.25) is 4.79 Å². The molecule has 1 aliphatic rings. The summed E-state index contributed by atoms with van der Waals surface area (Å²) in [6, 6.07) is 3.41. The van der Waals surface area contributed by atoms with Gasteiger partial charge in [-0.05, 0) is 44.4 Å². The molecule has 2 rings (SSSR count). The highest BCUT2D eigenvalue weighted by atomic mass is 19.1. The fourth-order valence-electron chi connectivity index (χ4n) is 2.44. The highest BCUT2D eigenvalue weighted by Gasteiger charge is 2.21. The van der Waals surface area contributed by atoms with Crippen LogP contribution in [0.15, 0.2) is 30.0 Å². The lowest BCUT2D eigenvalue weighted by Gasteiger charge is -2.22. The van der Waals surface area contributed by atoms with Crippen molar-refractivity contribution in [3.8, 4) is 0 Å². The first-order valence-corrected chi connectivity index (χ1v) is 7.24. The zero-order valence-electron chi connectivity index (χ0n) is 12.5. The van der Waals surface area contributed by atoms with Gasteiger partial charge in [-0.2, -0.15) is 0 Å². The molecule has 1 aromatic carbocycles. The van der Waals surface area contributed by atoms with Crippen LogP contribution in [0.1, 0.15) is 36.5 Å². The van der Waals surface area contributed by atoms with E-state index in [-0.39, 0.29) is 23.8 Å². The van der Waals surface area contributed by atoms with Crippen LogP contribution in [-0.2, 0) is 9.53 Å². The Morgan fingerprint density at radius 3 is 2.77 bits per heavy atom. The van der Waals surface area contributed by atoms with Crippen molar-refractivity contribution in [2.24, 2.45) is 0 Å². The molecule has 6 heteroatoms. The molecular weight excluding hydrogens is 287 g/mol. The minimum absolute atomic E-state index is 0.0108. The lowest BCUT2D eigenvalue weighted by molar-refractivity contribution is -0.132. The Labute approximate surface area is 128 Å². The van der Waals surface area contributed by atoms with Gasteiger partial charge >= 0.3 is 5.97 Å². The van der Waals surface area contributed by atoms with E-state index < -0.39 is 11.8 Å². The summed E-state index contributed by atoms with van der Waals surface area (Å²) in [4.78, 5) is 25.7. The number of ether oxygens (including phenoxy) is 1. The quantitative estimate of drug-likeness (QED) is 0.670. The van der Waals surface area contributed by atoms with Gasteiger partial charge in [-0.25, -0.2) is 9.18 Å². The molecule has 0 atom stereocenters. The summed E-state index contributed by atoms with van der Waals surface area (Å²) < 4.78 is 17.9. The van der Waals surface area contributed by atoms with Gasteiger partial charge in [0.2, 0.25) is 0 Å². The van der Waals surface area contributed by atoms with Crippen LogP contribution in [0.5, 0.6) is 0 Å². The second-order valence-corrected chi connectivity index (χ2v) is 5.03. The first-order chi connectivity index (χ1) is 10.5. The molecule has 5 nitrogen and oxygen atoms in total. The highest BCUT2D eigenvalue weighted by molar-refractivity contribution is 5.96. The number of allylic oxidation sites excluding steroid dienone is 2. The van der Waals surface area contributed by atoms with Crippen molar-refractivity contribution in [3.63, 3.8) is 0 Å². The lowest BCUT2D eigenvalue weighted by atomic mass is 10.2. The Balaban J connectivity index is 1.96. The topological polar surface area (TPSA) is 72.6 Å². The number of nitrogen functional groups attached to an aromatic ring is 1. The van der Waals surface area contributed by atoms with Crippen LogP contribution in [0.2, 0.25) is 0 Å². The van der Waals surface area contributed by atoms with Crippen molar-refractivity contribution in [2.45, 2.75) is 26.2 Å². The molecule has 0 bridgehead atoms. The fourth-order valence-corrected chi connectivity index (χ4v) is 2.44. The molecule has 1 amide bonds. The molecule has 0 aliphatic heterocycles. The van der Waals surface area contributed by atoms with E-state index in [2.05, 4.69) is 0 Å². The monoisotopic (exact) mass is 306 g/mol. The normalized spacial score (nSPS) is 13.6. The molecule has 0 radical (unpaired) electrons. The number of carbonyl (C=O) groups excluding carboxylic acids is 2. The average molecular weight is 306 g/mol. The maximum absolute atomic E-state index is 13.0. The highest BCUT2D eigenvalue weighted by Crippen LogP contribution is 2.21. The van der Waals surface area contributed by atoms with Crippen LogP contribution in [-0.4, -0.2) is 29.9 Å². The molecule has 2 N–H and O–H groups in total. The van der Waals surface area contributed by atoms with E-state index in [1.165, 1.54) is 6.07 Å². The number of carbonyl (C=O) groups is 2. The van der Waals surface area contributed by atoms with E-state index in [9.17, 15) is 14.0 Å². The number of anilines is 1. The van der Waals surface area contributed by atoms with Crippen LogP contribution in [0.25, 0.3) is 0 Å². The molecule has 0 fully saturated rings. The zero-order chi connectivity index (χ0) is 16.1. The van der Waals surface area contributed by atoms with Crippen molar-refractivity contribution < 1.29 is 18.7 Å². The third-order valence-electron chi connectivity index (χ3n) is 3.54. The summed E-state index contributed by atoms with van der Waals surface area (Å²) in [6.07, 6.45) is 4.88. The summed E-state index contributed by atoms with van der Waals surface area (Å²) in [5.41, 5.74) is 6.59. The molecule has 0 aromatic heterocycles. The Kier molecular flexibility index (Phi) is 5.14. The maximum Gasteiger partial charge on any atom is 0.340 e. The number of benzene rings is 1. The summed E-state index contributed by atoms with van der Waals surface area (Å²) in [5, 5.41) is 0. The Hall–Kier alpha value is -2.37. The largest absolute Gasteiger partial charge is 0.452 e. The molecule has 1 aliphatic carbocycles. The van der Waals surface area contributed by atoms with Crippen molar-refractivity contribution in [1.29, 1.82) is 0 Å². The van der Waals surface area contributed by atoms with Gasteiger partial charge in [0, 0.05) is 17.9 Å². The number of esters is 1. The van der Waals surface area contributed by atoms with Crippen LogP contribution in [0.3, 0.4) is 0 Å². The molecule has 0 saturated heterocycles.